The maximum Gasteiger partial charge on any atom is 0.407 e. The molecule has 1 heterocycles. The quantitative estimate of drug-likeness (QED) is 0.219. The number of rotatable bonds is 9. The lowest BCUT2D eigenvalue weighted by Gasteiger charge is -2.41. The molecule has 0 bridgehead atoms. The van der Waals surface area contributed by atoms with Gasteiger partial charge in [-0.15, -0.1) is 0 Å². The van der Waals surface area contributed by atoms with Crippen molar-refractivity contribution in [1.82, 2.24) is 10.6 Å². The number of aliphatic carboxylic acids is 1. The third-order valence-corrected chi connectivity index (χ3v) is 4.67. The van der Waals surface area contributed by atoms with E-state index in [9.17, 15) is 29.7 Å². The molecule has 6 atom stereocenters. The fourth-order valence-corrected chi connectivity index (χ4v) is 3.04. The molecule has 0 aromatic heterocycles. The molecule has 0 saturated carbocycles. The van der Waals surface area contributed by atoms with Crippen LogP contribution in [0.25, 0.3) is 0 Å². The van der Waals surface area contributed by atoms with E-state index in [1.54, 1.807) is 30.3 Å². The molecular formula is C19H26N2O10. The van der Waals surface area contributed by atoms with Gasteiger partial charge in [0.15, 0.2) is 6.10 Å². The molecular weight excluding hydrogens is 416 g/mol. The van der Waals surface area contributed by atoms with E-state index in [4.69, 9.17) is 19.7 Å². The molecule has 1 saturated heterocycles. The number of aliphatic hydroxyl groups excluding tert-OH is 4. The highest BCUT2D eigenvalue weighted by atomic mass is 16.6. The Hall–Kier alpha value is -2.77. The summed E-state index contributed by atoms with van der Waals surface area (Å²) in [5, 5.41) is 52.8. The average Bonchev–Trinajstić information content (AvgIpc) is 2.76. The molecule has 12 nitrogen and oxygen atoms in total. The van der Waals surface area contributed by atoms with Gasteiger partial charge in [-0.3, -0.25) is 4.79 Å². The van der Waals surface area contributed by atoms with Gasteiger partial charge in [0, 0.05) is 6.42 Å². The van der Waals surface area contributed by atoms with Gasteiger partial charge in [0.25, 0.3) is 0 Å². The van der Waals surface area contributed by atoms with Crippen molar-refractivity contribution in [3.05, 3.63) is 35.9 Å². The molecule has 1 fully saturated rings. The molecule has 2 rings (SSSR count). The van der Waals surface area contributed by atoms with Crippen LogP contribution in [-0.4, -0.2) is 93.2 Å². The number of aliphatic hydroxyl groups is 4. The summed E-state index contributed by atoms with van der Waals surface area (Å²) in [4.78, 5) is 35.1. The van der Waals surface area contributed by atoms with Crippen LogP contribution in [0.2, 0.25) is 0 Å². The monoisotopic (exact) mass is 442 g/mol. The van der Waals surface area contributed by atoms with E-state index in [2.05, 4.69) is 10.6 Å². The molecule has 0 aliphatic carbocycles. The Kier molecular flexibility index (Phi) is 9.15. The Morgan fingerprint density at radius 2 is 1.87 bits per heavy atom. The van der Waals surface area contributed by atoms with Crippen molar-refractivity contribution in [2.45, 2.75) is 49.6 Å². The number of carbonyl (C=O) groups excluding carboxylic acids is 2. The number of ether oxygens (including phenoxy) is 2. The number of hydrogen-bond donors (Lipinski definition) is 7. The molecule has 0 spiro atoms. The summed E-state index contributed by atoms with van der Waals surface area (Å²) in [5.41, 5.74) is 0.747. The first-order chi connectivity index (χ1) is 14.7. The predicted octanol–water partition coefficient (Wildman–Crippen LogP) is -2.29. The van der Waals surface area contributed by atoms with Crippen LogP contribution >= 0.6 is 0 Å². The van der Waals surface area contributed by atoms with Gasteiger partial charge < -0.3 is 45.6 Å². The van der Waals surface area contributed by atoms with E-state index < -0.39 is 67.7 Å². The minimum Gasteiger partial charge on any atom is -0.479 e. The molecule has 1 aromatic rings. The van der Waals surface area contributed by atoms with Crippen molar-refractivity contribution in [1.29, 1.82) is 0 Å². The number of nitrogens with one attached hydrogen (secondary N) is 2. The van der Waals surface area contributed by atoms with E-state index in [0.717, 1.165) is 5.56 Å². The molecule has 4 unspecified atom stereocenters. The highest BCUT2D eigenvalue weighted by Gasteiger charge is 2.46. The SMILES string of the molecule is O=C(CNC(=O)OCc1ccccc1)NC1C(O)CC(C(=O)O)OC1[C@H](O)[C@H](O)CO. The van der Waals surface area contributed by atoms with Crippen LogP contribution in [0.1, 0.15) is 12.0 Å². The second kappa shape index (κ2) is 11.6. The Morgan fingerprint density at radius 1 is 1.19 bits per heavy atom. The second-order valence-corrected chi connectivity index (χ2v) is 6.98. The highest BCUT2D eigenvalue weighted by molar-refractivity contribution is 5.82. The first kappa shape index (κ1) is 24.5. The van der Waals surface area contributed by atoms with Gasteiger partial charge in [-0.2, -0.15) is 0 Å². The van der Waals surface area contributed by atoms with Crippen LogP contribution in [0.15, 0.2) is 30.3 Å². The number of carboxylic acid groups (broad SMARTS) is 1. The van der Waals surface area contributed by atoms with Crippen LogP contribution in [0.3, 0.4) is 0 Å². The number of alkyl carbamates (subject to hydrolysis) is 1. The minimum absolute atomic E-state index is 0.00658. The van der Waals surface area contributed by atoms with Crippen molar-refractivity contribution in [2.24, 2.45) is 0 Å². The number of hydrogen-bond acceptors (Lipinski definition) is 9. The van der Waals surface area contributed by atoms with Gasteiger partial charge in [-0.25, -0.2) is 9.59 Å². The zero-order chi connectivity index (χ0) is 23.0. The van der Waals surface area contributed by atoms with Crippen molar-refractivity contribution >= 4 is 18.0 Å². The van der Waals surface area contributed by atoms with Crippen molar-refractivity contribution in [3.8, 4) is 0 Å². The zero-order valence-electron chi connectivity index (χ0n) is 16.5. The molecule has 31 heavy (non-hydrogen) atoms. The molecule has 12 heteroatoms. The minimum atomic E-state index is -1.80. The number of carboxylic acids is 1. The highest BCUT2D eigenvalue weighted by Crippen LogP contribution is 2.24. The van der Waals surface area contributed by atoms with E-state index in [0.29, 0.717) is 0 Å². The van der Waals surface area contributed by atoms with Crippen LogP contribution < -0.4 is 10.6 Å². The Balaban J connectivity index is 1.91. The van der Waals surface area contributed by atoms with Crippen molar-refractivity contribution in [2.75, 3.05) is 13.2 Å². The van der Waals surface area contributed by atoms with Gasteiger partial charge in [-0.05, 0) is 5.56 Å². The fourth-order valence-electron chi connectivity index (χ4n) is 3.04. The Morgan fingerprint density at radius 3 is 2.48 bits per heavy atom. The van der Waals surface area contributed by atoms with Gasteiger partial charge in [0.2, 0.25) is 5.91 Å². The van der Waals surface area contributed by atoms with Crippen LogP contribution in [0.5, 0.6) is 0 Å². The van der Waals surface area contributed by atoms with Gasteiger partial charge in [-0.1, -0.05) is 30.3 Å². The Bertz CT molecular complexity index is 746. The van der Waals surface area contributed by atoms with Gasteiger partial charge in [0.1, 0.15) is 31.5 Å². The van der Waals surface area contributed by atoms with Crippen LogP contribution in [-0.2, 0) is 25.7 Å². The second-order valence-electron chi connectivity index (χ2n) is 6.98. The maximum absolute atomic E-state index is 12.2. The first-order valence-corrected chi connectivity index (χ1v) is 9.50. The molecule has 2 amide bonds. The topological polar surface area (TPSA) is 195 Å². The molecule has 1 aliphatic heterocycles. The third kappa shape index (κ3) is 7.15. The lowest BCUT2D eigenvalue weighted by Crippen LogP contribution is -2.64. The summed E-state index contributed by atoms with van der Waals surface area (Å²) in [5.74, 6) is -2.18. The van der Waals surface area contributed by atoms with Gasteiger partial charge in [0.05, 0.1) is 18.8 Å². The summed E-state index contributed by atoms with van der Waals surface area (Å²) in [7, 11) is 0. The van der Waals surface area contributed by atoms with Crippen LogP contribution in [0.4, 0.5) is 4.79 Å². The zero-order valence-corrected chi connectivity index (χ0v) is 16.5. The van der Waals surface area contributed by atoms with E-state index >= 15 is 0 Å². The summed E-state index contributed by atoms with van der Waals surface area (Å²) in [6, 6.07) is 7.55. The normalized spacial score (nSPS) is 25.2. The molecule has 0 radical (unpaired) electrons. The molecule has 7 N–H and O–H groups in total. The summed E-state index contributed by atoms with van der Waals surface area (Å²) in [6.07, 6.45) is -9.19. The number of amides is 2. The Labute approximate surface area is 177 Å². The summed E-state index contributed by atoms with van der Waals surface area (Å²) < 4.78 is 10.2. The lowest BCUT2D eigenvalue weighted by atomic mass is 9.90. The van der Waals surface area contributed by atoms with Crippen LogP contribution in [0, 0.1) is 0 Å². The third-order valence-electron chi connectivity index (χ3n) is 4.67. The van der Waals surface area contributed by atoms with E-state index in [1.165, 1.54) is 0 Å². The summed E-state index contributed by atoms with van der Waals surface area (Å²) in [6.45, 7) is -1.40. The molecule has 1 aromatic carbocycles. The van der Waals surface area contributed by atoms with E-state index in [-0.39, 0.29) is 13.0 Å². The predicted molar refractivity (Wildman–Crippen MR) is 103 cm³/mol. The van der Waals surface area contributed by atoms with Crippen molar-refractivity contribution in [3.63, 3.8) is 0 Å². The molecule has 1 aliphatic rings. The van der Waals surface area contributed by atoms with Crippen molar-refractivity contribution < 1.29 is 49.4 Å². The summed E-state index contributed by atoms with van der Waals surface area (Å²) >= 11 is 0. The van der Waals surface area contributed by atoms with Gasteiger partial charge >= 0.3 is 12.1 Å². The first-order valence-electron chi connectivity index (χ1n) is 9.50. The fraction of sp³-hybridized carbons (Fsp3) is 0.526. The number of carbonyl (C=O) groups is 3. The molecule has 172 valence electrons. The maximum atomic E-state index is 12.2. The lowest BCUT2D eigenvalue weighted by molar-refractivity contribution is -0.196. The smallest absolute Gasteiger partial charge is 0.407 e. The standard InChI is InChI=1S/C19H26N2O10/c22-8-12(24)16(26)17-15(11(23)6-13(31-17)18(27)28)21-14(25)7-20-19(29)30-9-10-4-2-1-3-5-10/h1-5,11-13,15-17,22-24,26H,6-9H2,(H,20,29)(H,21,25)(H,27,28)/t11?,12-,13?,15?,16-,17?/m1/s1. The number of benzene rings is 1. The van der Waals surface area contributed by atoms with E-state index in [1.807, 2.05) is 0 Å². The largest absolute Gasteiger partial charge is 0.479 e. The average molecular weight is 442 g/mol.